The maximum Gasteiger partial charge on any atom is 0.278 e. The van der Waals surface area contributed by atoms with Gasteiger partial charge in [0.1, 0.15) is 16.7 Å². The molecule has 7 nitrogen and oxygen atoms in total. The molecule has 0 radical (unpaired) electrons. The number of halogens is 1. The highest BCUT2D eigenvalue weighted by atomic mass is 79.9. The molecule has 2 fully saturated rings. The summed E-state index contributed by atoms with van der Waals surface area (Å²) in [7, 11) is 0. The molecule has 1 unspecified atom stereocenters. The van der Waals surface area contributed by atoms with Gasteiger partial charge in [-0.25, -0.2) is 5.01 Å². The predicted octanol–water partition coefficient (Wildman–Crippen LogP) is 3.36. The predicted molar refractivity (Wildman–Crippen MR) is 134 cm³/mol. The zero-order chi connectivity index (χ0) is 22.5. The van der Waals surface area contributed by atoms with E-state index in [0.717, 1.165) is 11.1 Å². The summed E-state index contributed by atoms with van der Waals surface area (Å²) in [6.07, 6.45) is 0.516. The van der Waals surface area contributed by atoms with Crippen molar-refractivity contribution in [3.05, 3.63) is 76.3 Å². The van der Waals surface area contributed by atoms with Gasteiger partial charge in [-0.3, -0.25) is 19.9 Å². The number of hydrogen-bond acceptors (Lipinski definition) is 6. The molecule has 0 bridgehead atoms. The standard InChI is InChI=1S/C24H24N4O3S.BrH/c1-17-6-5-7-18(14-17)15-21-23(30)28(19-8-3-2-4-9-19)24(32-21)20(16-25)22(29)26-27-10-12-31-13-11-27;/h2-9,14,21H,10-13,15H2,1H3,(H,26,29);1H/b24-20+;. The van der Waals surface area contributed by atoms with Crippen LogP contribution in [-0.4, -0.2) is 48.4 Å². The summed E-state index contributed by atoms with van der Waals surface area (Å²) in [5, 5.41) is 11.6. The zero-order valence-corrected chi connectivity index (χ0v) is 20.7. The van der Waals surface area contributed by atoms with Gasteiger partial charge in [0.25, 0.3) is 5.91 Å². The number of rotatable bonds is 5. The lowest BCUT2D eigenvalue weighted by Crippen LogP contribution is -2.49. The third kappa shape index (κ3) is 5.84. The molecular weight excluding hydrogens is 504 g/mol. The van der Waals surface area contributed by atoms with Gasteiger partial charge in [-0.1, -0.05) is 59.8 Å². The number of amides is 2. The number of thioether (sulfide) groups is 1. The highest BCUT2D eigenvalue weighted by Crippen LogP contribution is 2.41. The van der Waals surface area contributed by atoms with E-state index in [9.17, 15) is 14.9 Å². The maximum absolute atomic E-state index is 13.4. The average Bonchev–Trinajstić information content (AvgIpc) is 3.11. The molecule has 9 heteroatoms. The van der Waals surface area contributed by atoms with Crippen molar-refractivity contribution in [2.75, 3.05) is 31.2 Å². The van der Waals surface area contributed by atoms with Crippen LogP contribution >= 0.6 is 28.7 Å². The fourth-order valence-corrected chi connectivity index (χ4v) is 5.04. The summed E-state index contributed by atoms with van der Waals surface area (Å²) in [6.45, 7) is 4.13. The van der Waals surface area contributed by atoms with Crippen LogP contribution in [0.3, 0.4) is 0 Å². The van der Waals surface area contributed by atoms with Crippen molar-refractivity contribution in [2.24, 2.45) is 0 Å². The Morgan fingerprint density at radius 1 is 1.18 bits per heavy atom. The normalized spacial score (nSPS) is 20.1. The van der Waals surface area contributed by atoms with E-state index in [1.165, 1.54) is 16.7 Å². The largest absolute Gasteiger partial charge is 0.379 e. The molecule has 2 aliphatic heterocycles. The lowest BCUT2D eigenvalue weighted by Gasteiger charge is -2.27. The minimum absolute atomic E-state index is 0. The van der Waals surface area contributed by atoms with Crippen LogP contribution in [0.25, 0.3) is 0 Å². The first-order valence-corrected chi connectivity index (χ1v) is 11.3. The first-order valence-electron chi connectivity index (χ1n) is 10.5. The number of benzene rings is 2. The van der Waals surface area contributed by atoms with Crippen molar-refractivity contribution >= 4 is 46.2 Å². The average molecular weight is 529 g/mol. The number of ether oxygens (including phenoxy) is 1. The number of anilines is 1. The molecule has 0 saturated carbocycles. The van der Waals surface area contributed by atoms with E-state index in [0.29, 0.717) is 43.4 Å². The number of para-hydroxylation sites is 1. The summed E-state index contributed by atoms with van der Waals surface area (Å²) in [5.74, 6) is -0.647. The van der Waals surface area contributed by atoms with Gasteiger partial charge in [-0.2, -0.15) is 5.26 Å². The van der Waals surface area contributed by atoms with Crippen LogP contribution in [0.4, 0.5) is 5.69 Å². The number of nitrogens with one attached hydrogen (secondary N) is 1. The van der Waals surface area contributed by atoms with Crippen molar-refractivity contribution in [3.8, 4) is 6.07 Å². The van der Waals surface area contributed by atoms with Crippen molar-refractivity contribution in [2.45, 2.75) is 18.6 Å². The van der Waals surface area contributed by atoms with Crippen LogP contribution in [0.1, 0.15) is 11.1 Å². The smallest absolute Gasteiger partial charge is 0.278 e. The molecule has 0 spiro atoms. The summed E-state index contributed by atoms with van der Waals surface area (Å²) in [6, 6.07) is 19.2. The van der Waals surface area contributed by atoms with E-state index in [2.05, 4.69) is 11.5 Å². The molecule has 33 heavy (non-hydrogen) atoms. The monoisotopic (exact) mass is 528 g/mol. The van der Waals surface area contributed by atoms with Crippen LogP contribution in [0.2, 0.25) is 0 Å². The number of carbonyl (C=O) groups is 2. The van der Waals surface area contributed by atoms with Gasteiger partial charge in [0, 0.05) is 18.8 Å². The van der Waals surface area contributed by atoms with E-state index in [1.54, 1.807) is 5.01 Å². The second kappa shape index (κ2) is 11.5. The second-order valence-electron chi connectivity index (χ2n) is 7.64. The van der Waals surface area contributed by atoms with Gasteiger partial charge >= 0.3 is 0 Å². The molecule has 1 atom stereocenters. The molecule has 172 valence electrons. The fourth-order valence-electron chi connectivity index (χ4n) is 3.73. The van der Waals surface area contributed by atoms with E-state index in [4.69, 9.17) is 4.74 Å². The lowest BCUT2D eigenvalue weighted by atomic mass is 10.1. The topological polar surface area (TPSA) is 85.7 Å². The van der Waals surface area contributed by atoms with Crippen LogP contribution in [0.15, 0.2) is 65.2 Å². The van der Waals surface area contributed by atoms with Crippen LogP contribution in [-0.2, 0) is 20.7 Å². The Hall–Kier alpha value is -2.64. The van der Waals surface area contributed by atoms with E-state index >= 15 is 0 Å². The molecule has 2 aromatic rings. The van der Waals surface area contributed by atoms with Gasteiger partial charge in [-0.15, -0.1) is 17.0 Å². The van der Waals surface area contributed by atoms with Gasteiger partial charge < -0.3 is 4.74 Å². The lowest BCUT2D eigenvalue weighted by molar-refractivity contribution is -0.123. The highest BCUT2D eigenvalue weighted by Gasteiger charge is 2.41. The zero-order valence-electron chi connectivity index (χ0n) is 18.2. The SMILES string of the molecule is Br.Cc1cccc(CC2S/C(=C(\C#N)C(=O)NN3CCOCC3)N(c3ccccc3)C2=O)c1. The Morgan fingerprint density at radius 2 is 1.91 bits per heavy atom. The summed E-state index contributed by atoms with van der Waals surface area (Å²) < 4.78 is 5.31. The number of carbonyl (C=O) groups excluding carboxylic acids is 2. The number of nitrogens with zero attached hydrogens (tertiary/aromatic N) is 3. The number of hydrogen-bond donors (Lipinski definition) is 1. The molecule has 0 aliphatic carbocycles. The molecule has 2 heterocycles. The van der Waals surface area contributed by atoms with E-state index in [-0.39, 0.29) is 28.5 Å². The molecule has 2 aliphatic rings. The quantitative estimate of drug-likeness (QED) is 0.473. The summed E-state index contributed by atoms with van der Waals surface area (Å²) in [5.41, 5.74) is 5.53. The third-order valence-electron chi connectivity index (χ3n) is 5.29. The number of nitriles is 1. The minimum atomic E-state index is -0.512. The summed E-state index contributed by atoms with van der Waals surface area (Å²) >= 11 is 1.27. The van der Waals surface area contributed by atoms with Crippen LogP contribution in [0, 0.1) is 18.3 Å². The Kier molecular flexibility index (Phi) is 8.69. The maximum atomic E-state index is 13.4. The Balaban J connectivity index is 0.00000306. The fraction of sp³-hybridized carbons (Fsp3) is 0.292. The molecule has 2 aromatic carbocycles. The second-order valence-corrected chi connectivity index (χ2v) is 8.83. The molecule has 4 rings (SSSR count). The van der Waals surface area contributed by atoms with Crippen molar-refractivity contribution in [1.82, 2.24) is 10.4 Å². The Morgan fingerprint density at radius 3 is 2.58 bits per heavy atom. The van der Waals surface area contributed by atoms with Crippen molar-refractivity contribution in [1.29, 1.82) is 5.26 Å². The Labute approximate surface area is 208 Å². The molecule has 2 saturated heterocycles. The van der Waals surface area contributed by atoms with Crippen LogP contribution in [0.5, 0.6) is 0 Å². The minimum Gasteiger partial charge on any atom is -0.379 e. The third-order valence-corrected chi connectivity index (χ3v) is 6.56. The van der Waals surface area contributed by atoms with Crippen molar-refractivity contribution in [3.63, 3.8) is 0 Å². The first kappa shape index (κ1) is 25.0. The van der Waals surface area contributed by atoms with Crippen LogP contribution < -0.4 is 10.3 Å². The molecule has 2 amide bonds. The van der Waals surface area contributed by atoms with E-state index in [1.807, 2.05) is 61.5 Å². The summed E-state index contributed by atoms with van der Waals surface area (Å²) in [4.78, 5) is 27.9. The number of hydrazine groups is 1. The van der Waals surface area contributed by atoms with Crippen molar-refractivity contribution < 1.29 is 14.3 Å². The number of morpholine rings is 1. The van der Waals surface area contributed by atoms with Gasteiger partial charge in [0.15, 0.2) is 0 Å². The van der Waals surface area contributed by atoms with Gasteiger partial charge in [0.05, 0.1) is 18.5 Å². The van der Waals surface area contributed by atoms with Gasteiger partial charge in [-0.05, 0) is 31.0 Å². The molecule has 1 N–H and O–H groups in total. The van der Waals surface area contributed by atoms with E-state index < -0.39 is 11.2 Å². The van der Waals surface area contributed by atoms with Gasteiger partial charge in [0.2, 0.25) is 5.91 Å². The molecular formula is C24H25BrN4O3S. The molecule has 0 aromatic heterocycles. The highest BCUT2D eigenvalue weighted by molar-refractivity contribution is 8.93. The number of aryl methyl sites for hydroxylation is 1. The Bertz CT molecular complexity index is 1080. The first-order chi connectivity index (χ1) is 15.6.